The van der Waals surface area contributed by atoms with Crippen molar-refractivity contribution in [1.82, 2.24) is 0 Å². The zero-order chi connectivity index (χ0) is 22.8. The molecule has 2 nitrogen and oxygen atoms in total. The van der Waals surface area contributed by atoms with Crippen molar-refractivity contribution in [1.29, 1.82) is 0 Å². The van der Waals surface area contributed by atoms with Crippen LogP contribution in [0.5, 0.6) is 0 Å². The lowest BCUT2D eigenvalue weighted by Gasteiger charge is -2.61. The van der Waals surface area contributed by atoms with E-state index in [0.717, 1.165) is 32.1 Å². The maximum atomic E-state index is 11.3. The van der Waals surface area contributed by atoms with Crippen LogP contribution < -0.4 is 0 Å². The van der Waals surface area contributed by atoms with Crippen molar-refractivity contribution >= 4 is 0 Å². The number of hydrogen-bond acceptors (Lipinski definition) is 2. The molecular formula is C29H48O2. The van der Waals surface area contributed by atoms with E-state index in [1.807, 2.05) is 0 Å². The highest BCUT2D eigenvalue weighted by Gasteiger charge is 2.63. The smallest absolute Gasteiger partial charge is 0.0628 e. The minimum absolute atomic E-state index is 0.101. The monoisotopic (exact) mass is 428 g/mol. The second-order valence-corrected chi connectivity index (χ2v) is 13.1. The summed E-state index contributed by atoms with van der Waals surface area (Å²) in [5.74, 6) is 3.06. The van der Waals surface area contributed by atoms with Gasteiger partial charge in [0.2, 0.25) is 0 Å². The SMILES string of the molecule is CC(C)=CCC[C@@H](C)[C@H]1[C@H](O)C[C@H]2[C@@H]3CC=C4C(C)(C)[C@H](O)CC[C@]4(C)[C@H]3CC[C@]12C. The van der Waals surface area contributed by atoms with Crippen molar-refractivity contribution in [3.05, 3.63) is 23.3 Å². The number of hydrogen-bond donors (Lipinski definition) is 2. The van der Waals surface area contributed by atoms with Gasteiger partial charge in [0.1, 0.15) is 0 Å². The first kappa shape index (κ1) is 23.6. The summed E-state index contributed by atoms with van der Waals surface area (Å²) in [6.45, 7) is 16.3. The molecule has 31 heavy (non-hydrogen) atoms. The van der Waals surface area contributed by atoms with Gasteiger partial charge in [-0.15, -0.1) is 0 Å². The molecule has 0 radical (unpaired) electrons. The van der Waals surface area contributed by atoms with Gasteiger partial charge >= 0.3 is 0 Å². The molecule has 4 aliphatic rings. The number of aliphatic hydroxyl groups is 2. The molecule has 0 aromatic rings. The Bertz CT molecular complexity index is 744. The van der Waals surface area contributed by atoms with Gasteiger partial charge in [0, 0.05) is 5.41 Å². The van der Waals surface area contributed by atoms with Gasteiger partial charge in [-0.1, -0.05) is 57.9 Å². The summed E-state index contributed by atoms with van der Waals surface area (Å²) in [5.41, 5.74) is 3.34. The minimum atomic E-state index is -0.212. The predicted octanol–water partition coefficient (Wildman–Crippen LogP) is 6.92. The number of allylic oxidation sites excluding steroid dienone is 3. The van der Waals surface area contributed by atoms with Crippen LogP contribution in [0.3, 0.4) is 0 Å². The van der Waals surface area contributed by atoms with E-state index in [-0.39, 0.29) is 28.5 Å². The van der Waals surface area contributed by atoms with Gasteiger partial charge in [-0.2, -0.15) is 0 Å². The molecule has 0 aliphatic heterocycles. The van der Waals surface area contributed by atoms with Crippen molar-refractivity contribution < 1.29 is 10.2 Å². The van der Waals surface area contributed by atoms with E-state index in [1.54, 1.807) is 0 Å². The average Bonchev–Trinajstić information content (AvgIpc) is 2.95. The van der Waals surface area contributed by atoms with Crippen LogP contribution >= 0.6 is 0 Å². The lowest BCUT2D eigenvalue weighted by atomic mass is 9.44. The van der Waals surface area contributed by atoms with Crippen molar-refractivity contribution in [3.63, 3.8) is 0 Å². The van der Waals surface area contributed by atoms with Crippen LogP contribution in [0.2, 0.25) is 0 Å². The van der Waals surface area contributed by atoms with Crippen molar-refractivity contribution in [3.8, 4) is 0 Å². The standard InChI is InChI=1S/C29H48O2/c1-18(2)9-8-10-19(3)26-23(30)17-22-20-11-12-24-27(4,5)25(31)14-16-28(24,6)21(20)13-15-29(22,26)7/h9,12,19-23,25-26,30-31H,8,10-11,13-17H2,1-7H3/t19-,20-,21+,22+,23-,25-,26+,28-,29+/m1/s1. The molecule has 0 amide bonds. The maximum absolute atomic E-state index is 11.3. The van der Waals surface area contributed by atoms with Gasteiger partial charge in [0.15, 0.2) is 0 Å². The quantitative estimate of drug-likeness (QED) is 0.477. The first-order chi connectivity index (χ1) is 14.4. The van der Waals surface area contributed by atoms with Crippen LogP contribution in [0, 0.1) is 45.8 Å². The summed E-state index contributed by atoms with van der Waals surface area (Å²) in [4.78, 5) is 0. The number of fused-ring (bicyclic) bond motifs is 5. The Balaban J connectivity index is 1.60. The van der Waals surface area contributed by atoms with Crippen LogP contribution in [0.4, 0.5) is 0 Å². The highest BCUT2D eigenvalue weighted by molar-refractivity contribution is 5.31. The van der Waals surface area contributed by atoms with Crippen LogP contribution in [-0.2, 0) is 0 Å². The van der Waals surface area contributed by atoms with Gasteiger partial charge in [-0.25, -0.2) is 0 Å². The van der Waals surface area contributed by atoms with Gasteiger partial charge in [0.05, 0.1) is 12.2 Å². The van der Waals surface area contributed by atoms with Crippen molar-refractivity contribution in [2.45, 2.75) is 112 Å². The second-order valence-electron chi connectivity index (χ2n) is 13.1. The Morgan fingerprint density at radius 1 is 1.10 bits per heavy atom. The second kappa shape index (κ2) is 8.01. The highest BCUT2D eigenvalue weighted by atomic mass is 16.3. The van der Waals surface area contributed by atoms with E-state index in [0.29, 0.717) is 29.6 Å². The molecule has 3 saturated carbocycles. The molecular weight excluding hydrogens is 380 g/mol. The predicted molar refractivity (Wildman–Crippen MR) is 130 cm³/mol. The lowest BCUT2D eigenvalue weighted by Crippen LogP contribution is -2.54. The summed E-state index contributed by atoms with van der Waals surface area (Å²) in [5, 5.41) is 22.0. The fourth-order valence-corrected chi connectivity index (χ4v) is 9.29. The summed E-state index contributed by atoms with van der Waals surface area (Å²) in [6, 6.07) is 0. The normalized spacial score (nSPS) is 46.9. The zero-order valence-corrected chi connectivity index (χ0v) is 21.2. The third-order valence-electron chi connectivity index (χ3n) is 10.8. The lowest BCUT2D eigenvalue weighted by molar-refractivity contribution is -0.0804. The molecule has 2 N–H and O–H groups in total. The zero-order valence-electron chi connectivity index (χ0n) is 21.2. The van der Waals surface area contributed by atoms with Crippen molar-refractivity contribution in [2.75, 3.05) is 0 Å². The fraction of sp³-hybridized carbons (Fsp3) is 0.862. The molecule has 2 heteroatoms. The summed E-state index contributed by atoms with van der Waals surface area (Å²) in [6.07, 6.45) is 13.6. The molecule has 0 spiro atoms. The first-order valence-corrected chi connectivity index (χ1v) is 13.1. The number of rotatable bonds is 4. The Hall–Kier alpha value is -0.600. The van der Waals surface area contributed by atoms with E-state index >= 15 is 0 Å². The highest BCUT2D eigenvalue weighted by Crippen LogP contribution is 2.68. The molecule has 176 valence electrons. The van der Waals surface area contributed by atoms with E-state index in [2.05, 4.69) is 60.6 Å². The van der Waals surface area contributed by atoms with E-state index in [9.17, 15) is 10.2 Å². The Morgan fingerprint density at radius 2 is 1.81 bits per heavy atom. The van der Waals surface area contributed by atoms with Crippen LogP contribution in [0.1, 0.15) is 99.8 Å². The molecule has 0 saturated heterocycles. The van der Waals surface area contributed by atoms with Gasteiger partial charge in [-0.05, 0) is 106 Å². The third-order valence-corrected chi connectivity index (χ3v) is 10.8. The first-order valence-electron chi connectivity index (χ1n) is 13.1. The Morgan fingerprint density at radius 3 is 2.48 bits per heavy atom. The molecule has 0 unspecified atom stereocenters. The van der Waals surface area contributed by atoms with Crippen LogP contribution in [0.15, 0.2) is 23.3 Å². The topological polar surface area (TPSA) is 40.5 Å². The van der Waals surface area contributed by atoms with Crippen LogP contribution in [-0.4, -0.2) is 22.4 Å². The van der Waals surface area contributed by atoms with Crippen LogP contribution in [0.25, 0.3) is 0 Å². The van der Waals surface area contributed by atoms with E-state index in [4.69, 9.17) is 0 Å². The Kier molecular flexibility index (Phi) is 6.09. The van der Waals surface area contributed by atoms with E-state index in [1.165, 1.54) is 30.4 Å². The third kappa shape index (κ3) is 3.59. The Labute approximate surface area is 191 Å². The molecule has 4 aliphatic carbocycles. The fourth-order valence-electron chi connectivity index (χ4n) is 9.29. The maximum Gasteiger partial charge on any atom is 0.0628 e. The van der Waals surface area contributed by atoms with Gasteiger partial charge in [0.25, 0.3) is 0 Å². The molecule has 0 aromatic heterocycles. The minimum Gasteiger partial charge on any atom is -0.393 e. The molecule has 0 heterocycles. The van der Waals surface area contributed by atoms with E-state index < -0.39 is 0 Å². The summed E-state index contributed by atoms with van der Waals surface area (Å²) in [7, 11) is 0. The molecule has 0 bridgehead atoms. The molecule has 9 atom stereocenters. The molecule has 4 rings (SSSR count). The largest absolute Gasteiger partial charge is 0.393 e. The summed E-state index contributed by atoms with van der Waals surface area (Å²) < 4.78 is 0. The molecule has 3 fully saturated rings. The molecule has 0 aromatic carbocycles. The van der Waals surface area contributed by atoms with Gasteiger partial charge in [-0.3, -0.25) is 0 Å². The average molecular weight is 429 g/mol. The summed E-state index contributed by atoms with van der Waals surface area (Å²) >= 11 is 0. The number of aliphatic hydroxyl groups excluding tert-OH is 2. The van der Waals surface area contributed by atoms with Gasteiger partial charge < -0.3 is 10.2 Å². The van der Waals surface area contributed by atoms with Crippen molar-refractivity contribution in [2.24, 2.45) is 45.8 Å².